The number of amides is 1. The molecule has 6 nitrogen and oxygen atoms in total. The third-order valence-electron chi connectivity index (χ3n) is 3.72. The molecule has 1 aromatic carbocycles. The second-order valence-corrected chi connectivity index (χ2v) is 7.07. The number of aromatic nitrogens is 2. The highest BCUT2D eigenvalue weighted by molar-refractivity contribution is 7.15. The zero-order chi connectivity index (χ0) is 16.8. The van der Waals surface area contributed by atoms with Gasteiger partial charge in [0.15, 0.2) is 6.61 Å². The molecular weight excluding hydrogens is 348 g/mol. The van der Waals surface area contributed by atoms with Crippen LogP contribution in [0.2, 0.25) is 5.02 Å². The van der Waals surface area contributed by atoms with E-state index in [0.717, 1.165) is 24.6 Å². The van der Waals surface area contributed by atoms with E-state index >= 15 is 0 Å². The highest BCUT2D eigenvalue weighted by Gasteiger charge is 2.14. The SMILES string of the molecule is O=C(COc1ccccc1Cl)Nc1nnc(CN2CCCCC2)s1. The summed E-state index contributed by atoms with van der Waals surface area (Å²) in [5.74, 6) is 0.202. The molecule has 8 heteroatoms. The van der Waals surface area contributed by atoms with Crippen molar-refractivity contribution in [1.29, 1.82) is 0 Å². The normalized spacial score (nSPS) is 15.2. The van der Waals surface area contributed by atoms with E-state index in [4.69, 9.17) is 16.3 Å². The summed E-state index contributed by atoms with van der Waals surface area (Å²) in [6.07, 6.45) is 3.78. The molecule has 1 N–H and O–H groups in total. The van der Waals surface area contributed by atoms with Gasteiger partial charge in [-0.05, 0) is 38.1 Å². The third kappa shape index (κ3) is 4.90. The van der Waals surface area contributed by atoms with E-state index in [9.17, 15) is 4.79 Å². The number of hydrogen-bond acceptors (Lipinski definition) is 6. The lowest BCUT2D eigenvalue weighted by molar-refractivity contribution is -0.118. The van der Waals surface area contributed by atoms with Crippen LogP contribution in [0.3, 0.4) is 0 Å². The van der Waals surface area contributed by atoms with Gasteiger partial charge in [0.05, 0.1) is 11.6 Å². The van der Waals surface area contributed by atoms with Gasteiger partial charge in [0.1, 0.15) is 10.8 Å². The second kappa shape index (κ2) is 8.41. The molecule has 2 heterocycles. The first-order valence-corrected chi connectivity index (χ1v) is 9.12. The Hall–Kier alpha value is -1.70. The van der Waals surface area contributed by atoms with Crippen LogP contribution in [-0.2, 0) is 11.3 Å². The van der Waals surface area contributed by atoms with Gasteiger partial charge < -0.3 is 4.74 Å². The number of para-hydroxylation sites is 1. The van der Waals surface area contributed by atoms with Crippen LogP contribution in [0.25, 0.3) is 0 Å². The van der Waals surface area contributed by atoms with Gasteiger partial charge >= 0.3 is 0 Å². The molecule has 1 saturated heterocycles. The van der Waals surface area contributed by atoms with Crippen LogP contribution in [0.1, 0.15) is 24.3 Å². The number of anilines is 1. The van der Waals surface area contributed by atoms with Crippen molar-refractivity contribution < 1.29 is 9.53 Å². The smallest absolute Gasteiger partial charge is 0.264 e. The van der Waals surface area contributed by atoms with Gasteiger partial charge in [-0.3, -0.25) is 15.0 Å². The largest absolute Gasteiger partial charge is 0.482 e. The number of nitrogens with zero attached hydrogens (tertiary/aromatic N) is 3. The average Bonchev–Trinajstić information content (AvgIpc) is 3.02. The summed E-state index contributed by atoms with van der Waals surface area (Å²) < 4.78 is 5.40. The molecule has 0 atom stereocenters. The maximum Gasteiger partial charge on any atom is 0.264 e. The molecular formula is C16H19ClN4O2S. The number of carbonyl (C=O) groups excluding carboxylic acids is 1. The first-order valence-electron chi connectivity index (χ1n) is 7.92. The molecule has 0 radical (unpaired) electrons. The summed E-state index contributed by atoms with van der Waals surface area (Å²) in [5.41, 5.74) is 0. The van der Waals surface area contributed by atoms with Crippen molar-refractivity contribution in [2.24, 2.45) is 0 Å². The van der Waals surface area contributed by atoms with Gasteiger partial charge in [0, 0.05) is 0 Å². The van der Waals surface area contributed by atoms with Crippen molar-refractivity contribution >= 4 is 34.0 Å². The van der Waals surface area contributed by atoms with Crippen LogP contribution < -0.4 is 10.1 Å². The van der Waals surface area contributed by atoms with Crippen LogP contribution in [-0.4, -0.2) is 40.7 Å². The lowest BCUT2D eigenvalue weighted by atomic mass is 10.1. The Balaban J connectivity index is 1.47. The number of halogens is 1. The van der Waals surface area contributed by atoms with Gasteiger partial charge in [-0.2, -0.15) is 0 Å². The minimum atomic E-state index is -0.282. The Bertz CT molecular complexity index is 688. The number of carbonyl (C=O) groups is 1. The van der Waals surface area contributed by atoms with Crippen LogP contribution >= 0.6 is 22.9 Å². The molecule has 0 bridgehead atoms. The van der Waals surface area contributed by atoms with E-state index in [-0.39, 0.29) is 12.5 Å². The van der Waals surface area contributed by atoms with E-state index in [2.05, 4.69) is 20.4 Å². The number of hydrogen-bond donors (Lipinski definition) is 1. The maximum absolute atomic E-state index is 11.9. The van der Waals surface area contributed by atoms with E-state index < -0.39 is 0 Å². The van der Waals surface area contributed by atoms with Crippen LogP contribution in [0.15, 0.2) is 24.3 Å². The number of piperidine rings is 1. The molecule has 128 valence electrons. The summed E-state index contributed by atoms with van der Waals surface area (Å²) in [5, 5.41) is 12.8. The van der Waals surface area contributed by atoms with E-state index in [1.807, 2.05) is 0 Å². The predicted molar refractivity (Wildman–Crippen MR) is 94.6 cm³/mol. The van der Waals surface area contributed by atoms with Crippen molar-refractivity contribution in [3.8, 4) is 5.75 Å². The fraction of sp³-hybridized carbons (Fsp3) is 0.438. The molecule has 1 fully saturated rings. The molecule has 3 rings (SSSR count). The average molecular weight is 367 g/mol. The number of rotatable bonds is 6. The molecule has 0 unspecified atom stereocenters. The van der Waals surface area contributed by atoms with E-state index in [1.54, 1.807) is 24.3 Å². The molecule has 1 aliphatic rings. The summed E-state index contributed by atoms with van der Waals surface area (Å²) in [6.45, 7) is 2.88. The van der Waals surface area contributed by atoms with Crippen molar-refractivity contribution in [3.63, 3.8) is 0 Å². The lowest BCUT2D eigenvalue weighted by Crippen LogP contribution is -2.28. The molecule has 0 spiro atoms. The molecule has 0 saturated carbocycles. The minimum absolute atomic E-state index is 0.120. The Kier molecular flexibility index (Phi) is 6.01. The lowest BCUT2D eigenvalue weighted by Gasteiger charge is -2.24. The molecule has 1 aliphatic heterocycles. The van der Waals surface area contributed by atoms with Gasteiger partial charge in [0.2, 0.25) is 5.13 Å². The van der Waals surface area contributed by atoms with Crippen LogP contribution in [0.5, 0.6) is 5.75 Å². The summed E-state index contributed by atoms with van der Waals surface area (Å²) in [6, 6.07) is 7.04. The zero-order valence-corrected chi connectivity index (χ0v) is 14.8. The highest BCUT2D eigenvalue weighted by Crippen LogP contribution is 2.23. The second-order valence-electron chi connectivity index (χ2n) is 5.61. The first-order chi connectivity index (χ1) is 11.7. The topological polar surface area (TPSA) is 67.3 Å². The zero-order valence-electron chi connectivity index (χ0n) is 13.2. The number of benzene rings is 1. The summed E-state index contributed by atoms with van der Waals surface area (Å²) in [7, 11) is 0. The minimum Gasteiger partial charge on any atom is -0.482 e. The highest BCUT2D eigenvalue weighted by atomic mass is 35.5. The molecule has 1 aromatic heterocycles. The fourth-order valence-corrected chi connectivity index (χ4v) is 3.53. The van der Waals surface area contributed by atoms with Gasteiger partial charge in [0.25, 0.3) is 5.91 Å². The monoisotopic (exact) mass is 366 g/mol. The van der Waals surface area contributed by atoms with Gasteiger partial charge in [-0.15, -0.1) is 10.2 Å². The maximum atomic E-state index is 11.9. The van der Waals surface area contributed by atoms with Gasteiger partial charge in [-0.25, -0.2) is 0 Å². The van der Waals surface area contributed by atoms with E-state index in [0.29, 0.717) is 15.9 Å². The van der Waals surface area contributed by atoms with Crippen LogP contribution in [0, 0.1) is 0 Å². The number of nitrogens with one attached hydrogen (secondary N) is 1. The molecule has 1 amide bonds. The standard InChI is InChI=1S/C16H19ClN4O2S/c17-12-6-2-3-7-13(12)23-11-14(22)18-16-20-19-15(24-16)10-21-8-4-1-5-9-21/h2-3,6-7H,1,4-5,8-11H2,(H,18,20,22). The van der Waals surface area contributed by atoms with Crippen molar-refractivity contribution in [2.75, 3.05) is 25.0 Å². The Labute approximate surface area is 149 Å². The van der Waals surface area contributed by atoms with Gasteiger partial charge in [-0.1, -0.05) is 41.5 Å². The number of likely N-dealkylation sites (tertiary alicyclic amines) is 1. The Morgan fingerprint density at radius 2 is 2.04 bits per heavy atom. The predicted octanol–water partition coefficient (Wildman–Crippen LogP) is 3.19. The molecule has 0 aliphatic carbocycles. The Morgan fingerprint density at radius 3 is 2.83 bits per heavy atom. The fourth-order valence-electron chi connectivity index (χ4n) is 2.54. The van der Waals surface area contributed by atoms with Crippen molar-refractivity contribution in [3.05, 3.63) is 34.3 Å². The number of ether oxygens (including phenoxy) is 1. The quantitative estimate of drug-likeness (QED) is 0.850. The molecule has 24 heavy (non-hydrogen) atoms. The summed E-state index contributed by atoms with van der Waals surface area (Å²) in [4.78, 5) is 14.3. The van der Waals surface area contributed by atoms with Crippen molar-refractivity contribution in [1.82, 2.24) is 15.1 Å². The first kappa shape index (κ1) is 17.1. The third-order valence-corrected chi connectivity index (χ3v) is 4.85. The Morgan fingerprint density at radius 1 is 1.25 bits per heavy atom. The van der Waals surface area contributed by atoms with E-state index in [1.165, 1.54) is 30.6 Å². The van der Waals surface area contributed by atoms with Crippen molar-refractivity contribution in [2.45, 2.75) is 25.8 Å². The summed E-state index contributed by atoms with van der Waals surface area (Å²) >= 11 is 7.38. The van der Waals surface area contributed by atoms with Crippen LogP contribution in [0.4, 0.5) is 5.13 Å². The molecule has 2 aromatic rings.